The molecular weight excluding hydrogens is 228 g/mol. The molecule has 0 aromatic rings. The molecule has 0 saturated heterocycles. The zero-order valence-electron chi connectivity index (χ0n) is 11.8. The average Bonchev–Trinajstić information content (AvgIpc) is 2.38. The second kappa shape index (κ2) is 7.10. The monoisotopic (exact) mass is 256 g/mol. The highest BCUT2D eigenvalue weighted by atomic mass is 16.5. The molecule has 0 heterocycles. The summed E-state index contributed by atoms with van der Waals surface area (Å²) in [7, 11) is 0. The maximum Gasteiger partial charge on any atom is 0.246 e. The van der Waals surface area contributed by atoms with Crippen LogP contribution in [0, 0.1) is 5.92 Å². The molecule has 0 radical (unpaired) electrons. The van der Waals surface area contributed by atoms with Crippen molar-refractivity contribution < 1.29 is 9.53 Å². The first-order valence-corrected chi connectivity index (χ1v) is 7.24. The zero-order valence-corrected chi connectivity index (χ0v) is 11.8. The molecule has 4 heteroatoms. The van der Waals surface area contributed by atoms with Crippen LogP contribution in [0.15, 0.2) is 0 Å². The third kappa shape index (κ3) is 3.95. The van der Waals surface area contributed by atoms with Crippen LogP contribution in [0.5, 0.6) is 0 Å². The predicted molar refractivity (Wildman–Crippen MR) is 73.0 cm³/mol. The maximum absolute atomic E-state index is 11.3. The molecule has 0 aromatic heterocycles. The Kier molecular flexibility index (Phi) is 6.09. The summed E-state index contributed by atoms with van der Waals surface area (Å²) in [5.74, 6) is 0.424. The molecular formula is C14H28N2O2. The maximum atomic E-state index is 11.3. The number of amides is 1. The largest absolute Gasteiger partial charge is 0.367 e. The van der Waals surface area contributed by atoms with Crippen molar-refractivity contribution in [1.82, 2.24) is 0 Å². The lowest BCUT2D eigenvalue weighted by Gasteiger charge is -2.41. The molecule has 1 aliphatic rings. The van der Waals surface area contributed by atoms with E-state index in [1.54, 1.807) is 0 Å². The molecule has 0 aromatic carbocycles. The molecule has 4 nitrogen and oxygen atoms in total. The lowest BCUT2D eigenvalue weighted by molar-refractivity contribution is -0.150. The second-order valence-corrected chi connectivity index (χ2v) is 5.54. The van der Waals surface area contributed by atoms with E-state index < -0.39 is 6.10 Å². The number of carbonyl (C=O) groups is 1. The molecule has 0 bridgehead atoms. The summed E-state index contributed by atoms with van der Waals surface area (Å²) < 4.78 is 5.97. The van der Waals surface area contributed by atoms with Crippen molar-refractivity contribution in [1.29, 1.82) is 0 Å². The summed E-state index contributed by atoms with van der Waals surface area (Å²) in [6.45, 7) is 4.62. The van der Waals surface area contributed by atoms with Crippen molar-refractivity contribution in [3.8, 4) is 0 Å². The Labute approximate surface area is 110 Å². The van der Waals surface area contributed by atoms with Gasteiger partial charge in [0, 0.05) is 6.54 Å². The highest BCUT2D eigenvalue weighted by Gasteiger charge is 2.37. The van der Waals surface area contributed by atoms with Crippen LogP contribution in [0.3, 0.4) is 0 Å². The molecule has 1 atom stereocenters. The van der Waals surface area contributed by atoms with Crippen LogP contribution < -0.4 is 11.5 Å². The van der Waals surface area contributed by atoms with Crippen molar-refractivity contribution in [2.24, 2.45) is 17.4 Å². The van der Waals surface area contributed by atoms with Gasteiger partial charge in [-0.1, -0.05) is 26.7 Å². The summed E-state index contributed by atoms with van der Waals surface area (Å²) in [4.78, 5) is 11.3. The Morgan fingerprint density at radius 3 is 2.39 bits per heavy atom. The van der Waals surface area contributed by atoms with Crippen LogP contribution in [0.2, 0.25) is 0 Å². The molecule has 18 heavy (non-hydrogen) atoms. The molecule has 1 unspecified atom stereocenters. The van der Waals surface area contributed by atoms with Crippen LogP contribution in [0.1, 0.15) is 58.8 Å². The van der Waals surface area contributed by atoms with E-state index in [9.17, 15) is 4.79 Å². The minimum absolute atomic E-state index is 0.319. The van der Waals surface area contributed by atoms with E-state index >= 15 is 0 Å². The number of ether oxygens (including phenoxy) is 1. The first-order chi connectivity index (χ1) is 8.56. The third-order valence-corrected chi connectivity index (χ3v) is 4.17. The summed E-state index contributed by atoms with van der Waals surface area (Å²) >= 11 is 0. The van der Waals surface area contributed by atoms with Gasteiger partial charge in [0.25, 0.3) is 0 Å². The number of primary amides is 1. The fraction of sp³-hybridized carbons (Fsp3) is 0.929. The van der Waals surface area contributed by atoms with Crippen molar-refractivity contribution >= 4 is 5.91 Å². The van der Waals surface area contributed by atoms with Crippen molar-refractivity contribution in [3.63, 3.8) is 0 Å². The van der Waals surface area contributed by atoms with Gasteiger partial charge in [-0.3, -0.25) is 4.79 Å². The van der Waals surface area contributed by atoms with Gasteiger partial charge in [-0.2, -0.15) is 0 Å². The van der Waals surface area contributed by atoms with Gasteiger partial charge in [-0.15, -0.1) is 0 Å². The Hall–Kier alpha value is -0.610. The third-order valence-electron chi connectivity index (χ3n) is 4.17. The first-order valence-electron chi connectivity index (χ1n) is 7.24. The molecule has 1 rings (SSSR count). The molecule has 1 amide bonds. The van der Waals surface area contributed by atoms with Gasteiger partial charge in [-0.05, 0) is 38.0 Å². The second-order valence-electron chi connectivity index (χ2n) is 5.54. The lowest BCUT2D eigenvalue weighted by atomic mass is 9.77. The number of carbonyl (C=O) groups excluding carboxylic acids is 1. The van der Waals surface area contributed by atoms with E-state index in [4.69, 9.17) is 16.2 Å². The normalized spacial score (nSPS) is 30.1. The molecule has 1 saturated carbocycles. The van der Waals surface area contributed by atoms with Crippen LogP contribution in [0.4, 0.5) is 0 Å². The smallest absolute Gasteiger partial charge is 0.246 e. The standard InChI is InChI=1S/C14H28N2O2/c1-3-5-11-6-8-14(10-15,9-7-11)18-12(4-2)13(16)17/h11-12H,3-10,15H2,1-2H3,(H2,16,17). The Balaban J connectivity index is 2.57. The lowest BCUT2D eigenvalue weighted by Crippen LogP contribution is -2.49. The Morgan fingerprint density at radius 1 is 1.39 bits per heavy atom. The van der Waals surface area contributed by atoms with Gasteiger partial charge in [0.15, 0.2) is 0 Å². The van der Waals surface area contributed by atoms with Crippen LogP contribution in [-0.2, 0) is 9.53 Å². The van der Waals surface area contributed by atoms with Gasteiger partial charge in [-0.25, -0.2) is 0 Å². The van der Waals surface area contributed by atoms with Crippen molar-refractivity contribution in [3.05, 3.63) is 0 Å². The molecule has 0 spiro atoms. The summed E-state index contributed by atoms with van der Waals surface area (Å²) in [5, 5.41) is 0. The van der Waals surface area contributed by atoms with Crippen LogP contribution >= 0.6 is 0 Å². The number of hydrogen-bond donors (Lipinski definition) is 2. The van der Waals surface area contributed by atoms with Gasteiger partial charge in [0.2, 0.25) is 5.91 Å². The number of rotatable bonds is 7. The number of nitrogens with two attached hydrogens (primary N) is 2. The topological polar surface area (TPSA) is 78.3 Å². The fourth-order valence-electron chi connectivity index (χ4n) is 2.92. The van der Waals surface area contributed by atoms with E-state index in [1.165, 1.54) is 12.8 Å². The molecule has 1 fully saturated rings. The van der Waals surface area contributed by atoms with E-state index in [0.29, 0.717) is 13.0 Å². The zero-order chi connectivity index (χ0) is 13.6. The Bertz CT molecular complexity index is 261. The predicted octanol–water partition coefficient (Wildman–Crippen LogP) is 1.95. The average molecular weight is 256 g/mol. The summed E-state index contributed by atoms with van der Waals surface area (Å²) in [5.41, 5.74) is 10.9. The minimum atomic E-state index is -0.490. The minimum Gasteiger partial charge on any atom is -0.367 e. The number of hydrogen-bond acceptors (Lipinski definition) is 3. The van der Waals surface area contributed by atoms with Gasteiger partial charge in [0.05, 0.1) is 5.60 Å². The van der Waals surface area contributed by atoms with E-state index in [2.05, 4.69) is 6.92 Å². The van der Waals surface area contributed by atoms with Gasteiger partial charge >= 0.3 is 0 Å². The van der Waals surface area contributed by atoms with Crippen LogP contribution in [0.25, 0.3) is 0 Å². The fourth-order valence-corrected chi connectivity index (χ4v) is 2.92. The van der Waals surface area contributed by atoms with Gasteiger partial charge < -0.3 is 16.2 Å². The first kappa shape index (κ1) is 15.4. The van der Waals surface area contributed by atoms with E-state index in [0.717, 1.165) is 31.6 Å². The van der Waals surface area contributed by atoms with Crippen molar-refractivity contribution in [2.45, 2.75) is 70.5 Å². The summed E-state index contributed by atoms with van der Waals surface area (Å²) in [6.07, 6.45) is 6.87. The highest BCUT2D eigenvalue weighted by molar-refractivity contribution is 5.78. The Morgan fingerprint density at radius 2 is 2.00 bits per heavy atom. The van der Waals surface area contributed by atoms with Crippen LogP contribution in [-0.4, -0.2) is 24.2 Å². The quantitative estimate of drug-likeness (QED) is 0.731. The van der Waals surface area contributed by atoms with E-state index in [-0.39, 0.29) is 11.5 Å². The molecule has 0 aliphatic heterocycles. The molecule has 4 N–H and O–H groups in total. The molecule has 1 aliphatic carbocycles. The van der Waals surface area contributed by atoms with E-state index in [1.807, 2.05) is 6.92 Å². The molecule has 106 valence electrons. The highest BCUT2D eigenvalue weighted by Crippen LogP contribution is 2.37. The SMILES string of the molecule is CCCC1CCC(CN)(OC(CC)C(N)=O)CC1. The van der Waals surface area contributed by atoms with Crippen molar-refractivity contribution in [2.75, 3.05) is 6.54 Å². The summed E-state index contributed by atoms with van der Waals surface area (Å²) in [6, 6.07) is 0. The van der Waals surface area contributed by atoms with Gasteiger partial charge in [0.1, 0.15) is 6.10 Å².